The lowest BCUT2D eigenvalue weighted by Crippen LogP contribution is -2.49. The Kier molecular flexibility index (Phi) is 6.44. The number of rotatable bonds is 6. The van der Waals surface area contributed by atoms with Crippen molar-refractivity contribution < 1.29 is 24.2 Å². The SMILES string of the molecule is CC(NC(=O)OCC1c2ccccc2-c2ccccc21)C(=O)N1CCC(CC(=O)O)CC1. The first-order valence-corrected chi connectivity index (χ1v) is 11.1. The molecule has 32 heavy (non-hydrogen) atoms. The summed E-state index contributed by atoms with van der Waals surface area (Å²) >= 11 is 0. The Morgan fingerprint density at radius 3 is 2.16 bits per heavy atom. The number of likely N-dealkylation sites (tertiary alicyclic amines) is 1. The van der Waals surface area contributed by atoms with Gasteiger partial charge in [-0.3, -0.25) is 9.59 Å². The van der Waals surface area contributed by atoms with Crippen molar-refractivity contribution in [1.29, 1.82) is 0 Å². The number of ether oxygens (including phenoxy) is 1. The lowest BCUT2D eigenvalue weighted by molar-refractivity contribution is -0.139. The van der Waals surface area contributed by atoms with Gasteiger partial charge in [0, 0.05) is 25.4 Å². The van der Waals surface area contributed by atoms with Crippen LogP contribution in [-0.2, 0) is 14.3 Å². The van der Waals surface area contributed by atoms with Gasteiger partial charge in [-0.25, -0.2) is 4.79 Å². The molecule has 0 bridgehead atoms. The number of benzene rings is 2. The van der Waals surface area contributed by atoms with Crippen molar-refractivity contribution in [2.24, 2.45) is 5.92 Å². The highest BCUT2D eigenvalue weighted by atomic mass is 16.5. The van der Waals surface area contributed by atoms with E-state index in [4.69, 9.17) is 9.84 Å². The Labute approximate surface area is 187 Å². The Bertz CT molecular complexity index is 967. The third kappa shape index (κ3) is 4.61. The van der Waals surface area contributed by atoms with Crippen molar-refractivity contribution in [1.82, 2.24) is 10.2 Å². The van der Waals surface area contributed by atoms with Crippen molar-refractivity contribution in [2.75, 3.05) is 19.7 Å². The maximum absolute atomic E-state index is 12.7. The average Bonchev–Trinajstić information content (AvgIpc) is 3.11. The van der Waals surface area contributed by atoms with Gasteiger partial charge in [0.1, 0.15) is 12.6 Å². The number of aliphatic carboxylic acids is 1. The molecule has 7 heteroatoms. The van der Waals surface area contributed by atoms with Crippen LogP contribution in [0.25, 0.3) is 11.1 Å². The fourth-order valence-corrected chi connectivity index (χ4v) is 4.76. The van der Waals surface area contributed by atoms with Crippen LogP contribution >= 0.6 is 0 Å². The monoisotopic (exact) mass is 436 g/mol. The summed E-state index contributed by atoms with van der Waals surface area (Å²) in [6, 6.07) is 15.5. The molecule has 1 unspecified atom stereocenters. The van der Waals surface area contributed by atoms with Gasteiger partial charge in [0.25, 0.3) is 0 Å². The summed E-state index contributed by atoms with van der Waals surface area (Å²) in [5.74, 6) is -0.915. The second-order valence-electron chi connectivity index (χ2n) is 8.56. The zero-order valence-electron chi connectivity index (χ0n) is 18.1. The average molecular weight is 437 g/mol. The number of piperidine rings is 1. The number of nitrogens with one attached hydrogen (secondary N) is 1. The van der Waals surface area contributed by atoms with E-state index in [-0.39, 0.29) is 30.8 Å². The molecule has 0 radical (unpaired) electrons. The van der Waals surface area contributed by atoms with Gasteiger partial charge in [0.2, 0.25) is 5.91 Å². The summed E-state index contributed by atoms with van der Waals surface area (Å²) < 4.78 is 5.52. The van der Waals surface area contributed by atoms with Crippen molar-refractivity contribution in [2.45, 2.75) is 38.1 Å². The fraction of sp³-hybridized carbons (Fsp3) is 0.400. The van der Waals surface area contributed by atoms with E-state index in [1.165, 1.54) is 0 Å². The molecule has 7 nitrogen and oxygen atoms in total. The molecule has 1 aliphatic carbocycles. The van der Waals surface area contributed by atoms with Gasteiger partial charge in [0.15, 0.2) is 0 Å². The van der Waals surface area contributed by atoms with Gasteiger partial charge in [-0.15, -0.1) is 0 Å². The smallest absolute Gasteiger partial charge is 0.407 e. The second kappa shape index (κ2) is 9.42. The third-order valence-corrected chi connectivity index (χ3v) is 6.44. The molecule has 1 saturated heterocycles. The summed E-state index contributed by atoms with van der Waals surface area (Å²) in [5.41, 5.74) is 4.59. The molecule has 2 aromatic carbocycles. The molecule has 1 aliphatic heterocycles. The molecular weight excluding hydrogens is 408 g/mol. The Hall–Kier alpha value is -3.35. The Balaban J connectivity index is 1.30. The fourth-order valence-electron chi connectivity index (χ4n) is 4.76. The highest BCUT2D eigenvalue weighted by Crippen LogP contribution is 2.44. The number of hydrogen-bond donors (Lipinski definition) is 2. The van der Waals surface area contributed by atoms with E-state index in [0.29, 0.717) is 25.9 Å². The Morgan fingerprint density at radius 1 is 1.03 bits per heavy atom. The first kappa shape index (κ1) is 21.9. The number of amides is 2. The number of carbonyl (C=O) groups excluding carboxylic acids is 2. The number of nitrogens with zero attached hydrogens (tertiary/aromatic N) is 1. The number of alkyl carbamates (subject to hydrolysis) is 1. The van der Waals surface area contributed by atoms with Crippen LogP contribution in [0, 0.1) is 5.92 Å². The van der Waals surface area contributed by atoms with Crippen LogP contribution in [0.5, 0.6) is 0 Å². The largest absolute Gasteiger partial charge is 0.481 e. The number of carboxylic acids is 1. The van der Waals surface area contributed by atoms with Crippen LogP contribution in [0.3, 0.4) is 0 Å². The third-order valence-electron chi connectivity index (χ3n) is 6.44. The lowest BCUT2D eigenvalue weighted by atomic mass is 9.93. The number of carboxylic acid groups (broad SMARTS) is 1. The number of hydrogen-bond acceptors (Lipinski definition) is 4. The van der Waals surface area contributed by atoms with Crippen molar-refractivity contribution in [3.63, 3.8) is 0 Å². The van der Waals surface area contributed by atoms with E-state index >= 15 is 0 Å². The summed E-state index contributed by atoms with van der Waals surface area (Å²) in [5, 5.41) is 11.6. The molecule has 2 N–H and O–H groups in total. The van der Waals surface area contributed by atoms with Crippen LogP contribution < -0.4 is 5.32 Å². The zero-order chi connectivity index (χ0) is 22.7. The van der Waals surface area contributed by atoms with Crippen molar-refractivity contribution in [3.8, 4) is 11.1 Å². The van der Waals surface area contributed by atoms with Gasteiger partial charge in [-0.2, -0.15) is 0 Å². The molecular formula is C25H28N2O5. The predicted molar refractivity (Wildman–Crippen MR) is 119 cm³/mol. The summed E-state index contributed by atoms with van der Waals surface area (Å²) in [7, 11) is 0. The molecule has 168 valence electrons. The summed E-state index contributed by atoms with van der Waals surface area (Å²) in [4.78, 5) is 37.7. The van der Waals surface area contributed by atoms with Gasteiger partial charge in [-0.05, 0) is 47.9 Å². The van der Waals surface area contributed by atoms with Gasteiger partial charge >= 0.3 is 12.1 Å². The minimum Gasteiger partial charge on any atom is -0.481 e. The molecule has 1 fully saturated rings. The predicted octanol–water partition coefficient (Wildman–Crippen LogP) is 3.63. The van der Waals surface area contributed by atoms with Crippen molar-refractivity contribution in [3.05, 3.63) is 59.7 Å². The van der Waals surface area contributed by atoms with E-state index in [1.807, 2.05) is 24.3 Å². The second-order valence-corrected chi connectivity index (χ2v) is 8.56. The van der Waals surface area contributed by atoms with Crippen LogP contribution in [0.1, 0.15) is 43.2 Å². The molecule has 1 heterocycles. The van der Waals surface area contributed by atoms with Gasteiger partial charge in [-0.1, -0.05) is 48.5 Å². The molecule has 0 spiro atoms. The maximum Gasteiger partial charge on any atom is 0.407 e. The first-order chi connectivity index (χ1) is 15.4. The highest BCUT2D eigenvalue weighted by Gasteiger charge is 2.30. The molecule has 1 atom stereocenters. The first-order valence-electron chi connectivity index (χ1n) is 11.1. The normalized spacial score (nSPS) is 16.7. The van der Waals surface area contributed by atoms with Gasteiger partial charge < -0.3 is 20.1 Å². The summed E-state index contributed by atoms with van der Waals surface area (Å²) in [6.07, 6.45) is 0.842. The van der Waals surface area contributed by atoms with Gasteiger partial charge in [0.05, 0.1) is 0 Å². The summed E-state index contributed by atoms with van der Waals surface area (Å²) in [6.45, 7) is 2.86. The van der Waals surface area contributed by atoms with Crippen LogP contribution in [0.15, 0.2) is 48.5 Å². The van der Waals surface area contributed by atoms with E-state index in [0.717, 1.165) is 22.3 Å². The van der Waals surface area contributed by atoms with Crippen LogP contribution in [-0.4, -0.2) is 53.7 Å². The van der Waals surface area contributed by atoms with E-state index < -0.39 is 18.1 Å². The quantitative estimate of drug-likeness (QED) is 0.721. The standard InChI is InChI=1S/C25H28N2O5/c1-16(24(30)27-12-10-17(11-13-27)14-23(28)29)26-25(31)32-15-22-20-8-4-2-6-18(20)19-7-3-5-9-21(19)22/h2-9,16-17,22H,10-15H2,1H3,(H,26,31)(H,28,29). The molecule has 2 aliphatic rings. The molecule has 2 aromatic rings. The molecule has 0 aromatic heterocycles. The molecule has 2 amide bonds. The molecule has 0 saturated carbocycles. The topological polar surface area (TPSA) is 95.9 Å². The minimum atomic E-state index is -0.805. The highest BCUT2D eigenvalue weighted by molar-refractivity contribution is 5.85. The van der Waals surface area contributed by atoms with E-state index in [9.17, 15) is 14.4 Å². The van der Waals surface area contributed by atoms with Crippen LogP contribution in [0.2, 0.25) is 0 Å². The Morgan fingerprint density at radius 2 is 1.59 bits per heavy atom. The number of carbonyl (C=O) groups is 3. The minimum absolute atomic E-state index is 0.0348. The number of fused-ring (bicyclic) bond motifs is 3. The molecule has 4 rings (SSSR count). The lowest BCUT2D eigenvalue weighted by Gasteiger charge is -2.33. The maximum atomic E-state index is 12.7. The van der Waals surface area contributed by atoms with E-state index in [1.54, 1.807) is 11.8 Å². The van der Waals surface area contributed by atoms with Crippen LogP contribution in [0.4, 0.5) is 4.79 Å². The van der Waals surface area contributed by atoms with E-state index in [2.05, 4.69) is 29.6 Å². The zero-order valence-corrected chi connectivity index (χ0v) is 18.1. The van der Waals surface area contributed by atoms with Crippen molar-refractivity contribution >= 4 is 18.0 Å².